The summed E-state index contributed by atoms with van der Waals surface area (Å²) >= 11 is 6.24. The van der Waals surface area contributed by atoms with E-state index in [1.165, 1.54) is 49.6 Å². The minimum atomic E-state index is -4.98. The zero-order valence-corrected chi connectivity index (χ0v) is 31.4. The monoisotopic (exact) mass is 827 g/mol. The fourth-order valence-corrected chi connectivity index (χ4v) is 7.40. The Bertz CT molecular complexity index is 3010. The predicted molar refractivity (Wildman–Crippen MR) is 210 cm³/mol. The van der Waals surface area contributed by atoms with E-state index in [4.69, 9.17) is 16.3 Å². The maximum absolute atomic E-state index is 12.8. The normalized spacial score (nSPS) is 12.1. The number of fused-ring (bicyclic) bond motifs is 2. The molecule has 0 unspecified atom stereocenters. The first-order valence-electron chi connectivity index (χ1n) is 16.2. The van der Waals surface area contributed by atoms with E-state index < -0.39 is 47.2 Å². The van der Waals surface area contributed by atoms with E-state index in [9.17, 15) is 36.2 Å². The summed E-state index contributed by atoms with van der Waals surface area (Å²) in [4.78, 5) is 11.0. The molecular weight excluding hydrogens is 802 g/mol. The number of phenols is 2. The molecule has 0 saturated heterocycles. The Hall–Kier alpha value is -6.84. The maximum atomic E-state index is 12.8. The summed E-state index contributed by atoms with van der Waals surface area (Å²) in [5.41, 5.74) is 0.0634. The summed E-state index contributed by atoms with van der Waals surface area (Å²) in [7, 11) is -8.41. The summed E-state index contributed by atoms with van der Waals surface area (Å²) in [6.45, 7) is 0. The van der Waals surface area contributed by atoms with Crippen molar-refractivity contribution in [1.29, 1.82) is 0 Å². The van der Waals surface area contributed by atoms with Crippen molar-refractivity contribution in [2.45, 2.75) is 9.79 Å². The number of methoxy groups -OCH3 is 1. The van der Waals surface area contributed by atoms with Crippen molar-refractivity contribution in [3.63, 3.8) is 0 Å². The summed E-state index contributed by atoms with van der Waals surface area (Å²) in [5, 5.41) is 43.9. The summed E-state index contributed by atoms with van der Waals surface area (Å²) < 4.78 is 75.9. The van der Waals surface area contributed by atoms with Crippen molar-refractivity contribution in [1.82, 2.24) is 15.0 Å². The molecule has 0 aliphatic rings. The molecule has 1 heterocycles. The van der Waals surface area contributed by atoms with Crippen molar-refractivity contribution in [3.8, 4) is 17.2 Å². The number of phenolic OH excluding ortho intramolecular Hbond substituents is 2. The highest BCUT2D eigenvalue weighted by Gasteiger charge is 2.25. The summed E-state index contributed by atoms with van der Waals surface area (Å²) in [5.74, 6) is -1.19. The van der Waals surface area contributed by atoms with Gasteiger partial charge in [0, 0.05) is 16.2 Å². The van der Waals surface area contributed by atoms with Gasteiger partial charge >= 0.3 is 0 Å². The number of ether oxygens (including phenoxy) is 1. The molecule has 0 atom stereocenters. The van der Waals surface area contributed by atoms with Crippen LogP contribution in [0.25, 0.3) is 21.5 Å². The predicted octanol–water partition coefficient (Wildman–Crippen LogP) is 9.06. The lowest BCUT2D eigenvalue weighted by Gasteiger charge is -2.15. The minimum absolute atomic E-state index is 0.00423. The first-order chi connectivity index (χ1) is 27.2. The van der Waals surface area contributed by atoms with Crippen LogP contribution in [0.2, 0.25) is 5.28 Å². The largest absolute Gasteiger partial charge is 0.505 e. The average Bonchev–Trinajstić information content (AvgIpc) is 3.16. The second-order valence-corrected chi connectivity index (χ2v) is 14.9. The van der Waals surface area contributed by atoms with Gasteiger partial charge in [-0.05, 0) is 71.6 Å². The number of rotatable bonds is 11. The Morgan fingerprint density at radius 2 is 1.32 bits per heavy atom. The van der Waals surface area contributed by atoms with Crippen LogP contribution in [0.5, 0.6) is 17.2 Å². The highest BCUT2D eigenvalue weighted by molar-refractivity contribution is 7.86. The number of aromatic nitrogens is 3. The lowest BCUT2D eigenvalue weighted by Crippen LogP contribution is -2.08. The molecule has 6 aromatic carbocycles. The zero-order valence-electron chi connectivity index (χ0n) is 29.0. The van der Waals surface area contributed by atoms with Gasteiger partial charge < -0.3 is 25.6 Å². The first-order valence-corrected chi connectivity index (χ1v) is 19.5. The number of nitrogens with zero attached hydrogens (tertiary/aromatic N) is 7. The van der Waals surface area contributed by atoms with Gasteiger partial charge in [-0.25, -0.2) is 0 Å². The Balaban J connectivity index is 1.25. The fraction of sp³-hybridized carbons (Fsp3) is 0.0278. The molecule has 0 radical (unpaired) electrons. The number of aromatic hydroxyl groups is 2. The number of nitrogens with one attached hydrogen (secondary N) is 2. The molecule has 288 valence electrons. The highest BCUT2D eigenvalue weighted by Crippen LogP contribution is 2.45. The van der Waals surface area contributed by atoms with Crippen LogP contribution in [0.1, 0.15) is 0 Å². The SMILES string of the molecule is COc1ccccc1N=Nc1ccc2c(S(=O)(=O)O)c(Nc3nc(Cl)nc(Nc4cccc5cc(S(=O)(=O)O)c(N=Nc6ccccc6)c(O)c45)n3)ccc2c1O. The minimum Gasteiger partial charge on any atom is -0.505 e. The molecule has 1 aromatic heterocycles. The third kappa shape index (κ3) is 8.10. The van der Waals surface area contributed by atoms with Crippen molar-refractivity contribution in [2.24, 2.45) is 20.5 Å². The molecule has 0 bridgehead atoms. The maximum Gasteiger partial charge on any atom is 0.297 e. The number of hydrogen-bond donors (Lipinski definition) is 6. The van der Waals surface area contributed by atoms with Crippen LogP contribution >= 0.6 is 11.6 Å². The molecule has 7 aromatic rings. The molecule has 0 aliphatic carbocycles. The molecule has 57 heavy (non-hydrogen) atoms. The van der Waals surface area contributed by atoms with Crippen LogP contribution in [-0.2, 0) is 20.2 Å². The molecule has 0 aliphatic heterocycles. The van der Waals surface area contributed by atoms with Crippen LogP contribution in [0.4, 0.5) is 46.0 Å². The molecule has 0 saturated carbocycles. The van der Waals surface area contributed by atoms with Gasteiger partial charge in [-0.3, -0.25) is 9.11 Å². The second kappa shape index (κ2) is 15.4. The fourth-order valence-electron chi connectivity index (χ4n) is 5.73. The summed E-state index contributed by atoms with van der Waals surface area (Å²) in [6.07, 6.45) is 0. The van der Waals surface area contributed by atoms with Gasteiger partial charge in [0.25, 0.3) is 20.2 Å². The third-order valence-electron chi connectivity index (χ3n) is 8.19. The number of para-hydroxylation sites is 1. The Morgan fingerprint density at radius 3 is 2.02 bits per heavy atom. The van der Waals surface area contributed by atoms with E-state index in [0.717, 1.165) is 6.07 Å². The number of hydrogen-bond acceptors (Lipinski definition) is 16. The van der Waals surface area contributed by atoms with E-state index >= 15 is 0 Å². The van der Waals surface area contributed by atoms with Crippen molar-refractivity contribution < 1.29 is 40.9 Å². The third-order valence-corrected chi connectivity index (χ3v) is 10.2. The van der Waals surface area contributed by atoms with E-state index in [1.807, 2.05) is 0 Å². The molecule has 0 fully saturated rings. The molecule has 0 amide bonds. The number of benzene rings is 6. The average molecular weight is 828 g/mol. The van der Waals surface area contributed by atoms with Gasteiger partial charge in [-0.15, -0.1) is 15.3 Å². The smallest absolute Gasteiger partial charge is 0.297 e. The van der Waals surface area contributed by atoms with Gasteiger partial charge in [0.1, 0.15) is 32.6 Å². The number of halogens is 1. The van der Waals surface area contributed by atoms with Crippen LogP contribution in [-0.4, -0.2) is 58.2 Å². The van der Waals surface area contributed by atoms with Crippen molar-refractivity contribution in [2.75, 3.05) is 17.7 Å². The first kappa shape index (κ1) is 38.4. The van der Waals surface area contributed by atoms with Crippen LogP contribution < -0.4 is 15.4 Å². The molecule has 6 N–H and O–H groups in total. The highest BCUT2D eigenvalue weighted by atomic mass is 35.5. The summed E-state index contributed by atoms with van der Waals surface area (Å²) in [6, 6.07) is 25.9. The second-order valence-electron chi connectivity index (χ2n) is 11.8. The quantitative estimate of drug-likeness (QED) is 0.0524. The van der Waals surface area contributed by atoms with Crippen molar-refractivity contribution in [3.05, 3.63) is 108 Å². The van der Waals surface area contributed by atoms with E-state index in [0.29, 0.717) is 17.1 Å². The van der Waals surface area contributed by atoms with E-state index in [2.05, 4.69) is 46.0 Å². The van der Waals surface area contributed by atoms with E-state index in [1.54, 1.807) is 54.6 Å². The van der Waals surface area contributed by atoms with Gasteiger partial charge in [0.15, 0.2) is 11.5 Å². The van der Waals surface area contributed by atoms with E-state index in [-0.39, 0.29) is 55.8 Å². The molecule has 18 nitrogen and oxygen atoms in total. The van der Waals surface area contributed by atoms with Crippen LogP contribution in [0.3, 0.4) is 0 Å². The molecule has 21 heteroatoms. The van der Waals surface area contributed by atoms with Gasteiger partial charge in [-0.2, -0.15) is 36.9 Å². The molecule has 7 rings (SSSR count). The van der Waals surface area contributed by atoms with Gasteiger partial charge in [0.05, 0.1) is 24.2 Å². The zero-order chi connectivity index (χ0) is 40.5. The van der Waals surface area contributed by atoms with Crippen LogP contribution in [0.15, 0.2) is 133 Å². The lowest BCUT2D eigenvalue weighted by molar-refractivity contribution is 0.416. The number of azo groups is 2. The topological polar surface area (TPSA) is 271 Å². The Kier molecular flexibility index (Phi) is 10.4. The Morgan fingerprint density at radius 1 is 0.649 bits per heavy atom. The van der Waals surface area contributed by atoms with Gasteiger partial charge in [-0.1, -0.05) is 48.5 Å². The van der Waals surface area contributed by atoms with Gasteiger partial charge in [0.2, 0.25) is 17.2 Å². The van der Waals surface area contributed by atoms with Crippen LogP contribution in [0, 0.1) is 0 Å². The number of anilines is 4. The standard InChI is InChI=1S/C36H26ClN9O9S2/c1-55-27-13-6-5-11-23(27)44-45-25-16-15-22-21(31(25)47)14-17-26(33(22)57(52,53)54)39-36-41-34(37)40-35(42-36)38-24-12-7-8-19-18-28(56(49,50)51)30(32(48)29(19)24)46-43-20-9-3-2-4-10-20/h2-18,47-48H,1H3,(H,49,50,51)(H,52,53,54)(H2,38,39,40,41,42). The molecule has 0 spiro atoms. The molecular formula is C36H26ClN9O9S2. The Labute approximate surface area is 327 Å². The lowest BCUT2D eigenvalue weighted by atomic mass is 10.1. The van der Waals surface area contributed by atoms with Crippen molar-refractivity contribution >= 4 is 99.4 Å².